The summed E-state index contributed by atoms with van der Waals surface area (Å²) in [4.78, 5) is 2.42. The van der Waals surface area contributed by atoms with E-state index in [-0.39, 0.29) is 18.2 Å². The summed E-state index contributed by atoms with van der Waals surface area (Å²) in [6.07, 6.45) is 2.87. The molecule has 0 bridgehead atoms. The minimum atomic E-state index is -0.165. The number of likely N-dealkylation sites (tertiary alicyclic amines) is 1. The molecule has 1 fully saturated rings. The van der Waals surface area contributed by atoms with Crippen LogP contribution in [-0.2, 0) is 12.8 Å². The van der Waals surface area contributed by atoms with Crippen molar-refractivity contribution in [3.05, 3.63) is 52.8 Å². The molecule has 3 atom stereocenters. The Hall–Kier alpha value is -1.98. The predicted molar refractivity (Wildman–Crippen MR) is 114 cm³/mol. The standard InChI is InChI=1S/C23H28FNO3.ClH/c1-25-13-18-16(19(25)11-14-6-5-7-15(24)10-14)8-9-17-22(18)20(26-2)12-21(27-3)23(17)28-4;/h5-7,10,12,16,18-19H,8-9,11,13H2,1-4H3;1H. The summed E-state index contributed by atoms with van der Waals surface area (Å²) in [6, 6.07) is 9.32. The Kier molecular flexibility index (Phi) is 6.59. The number of nitrogens with zero attached hydrogens (tertiary/aromatic N) is 1. The van der Waals surface area contributed by atoms with E-state index >= 15 is 0 Å². The molecule has 2 aromatic rings. The van der Waals surface area contributed by atoms with E-state index in [1.807, 2.05) is 12.1 Å². The zero-order valence-electron chi connectivity index (χ0n) is 17.4. The predicted octanol–water partition coefficient (Wildman–Crippen LogP) is 4.48. The average Bonchev–Trinajstić information content (AvgIpc) is 3.01. The Labute approximate surface area is 178 Å². The molecule has 2 aromatic carbocycles. The molecule has 6 heteroatoms. The van der Waals surface area contributed by atoms with Gasteiger partial charge in [-0.1, -0.05) is 12.1 Å². The summed E-state index contributed by atoms with van der Waals surface area (Å²) in [7, 11) is 7.25. The first kappa shape index (κ1) is 21.7. The number of ether oxygens (including phenoxy) is 3. The van der Waals surface area contributed by atoms with Crippen LogP contribution in [0.2, 0.25) is 0 Å². The van der Waals surface area contributed by atoms with E-state index in [1.165, 1.54) is 17.2 Å². The van der Waals surface area contributed by atoms with Crippen molar-refractivity contribution in [3.8, 4) is 17.2 Å². The van der Waals surface area contributed by atoms with Gasteiger partial charge in [0, 0.05) is 35.7 Å². The normalized spacial score (nSPS) is 23.0. The summed E-state index contributed by atoms with van der Waals surface area (Å²) in [5.74, 6) is 3.14. The lowest BCUT2D eigenvalue weighted by Gasteiger charge is -2.33. The van der Waals surface area contributed by atoms with Crippen molar-refractivity contribution >= 4 is 12.4 Å². The average molecular weight is 422 g/mol. The lowest BCUT2D eigenvalue weighted by atomic mass is 9.73. The van der Waals surface area contributed by atoms with Gasteiger partial charge in [0.1, 0.15) is 11.6 Å². The third-order valence-electron chi connectivity index (χ3n) is 6.49. The SMILES string of the molecule is COc1cc(OC)c2c(c1OC)CCC1C2CN(C)C1Cc1cccc(F)c1.Cl. The van der Waals surface area contributed by atoms with E-state index in [9.17, 15) is 4.39 Å². The second kappa shape index (κ2) is 8.80. The summed E-state index contributed by atoms with van der Waals surface area (Å²) >= 11 is 0. The van der Waals surface area contributed by atoms with Crippen molar-refractivity contribution in [2.24, 2.45) is 5.92 Å². The van der Waals surface area contributed by atoms with Crippen LogP contribution < -0.4 is 14.2 Å². The number of hydrogen-bond acceptors (Lipinski definition) is 4. The Morgan fingerprint density at radius 1 is 1.07 bits per heavy atom. The van der Waals surface area contributed by atoms with Crippen LogP contribution in [0.4, 0.5) is 4.39 Å². The van der Waals surface area contributed by atoms with Gasteiger partial charge >= 0.3 is 0 Å². The van der Waals surface area contributed by atoms with Gasteiger partial charge < -0.3 is 19.1 Å². The zero-order valence-corrected chi connectivity index (χ0v) is 18.2. The zero-order chi connectivity index (χ0) is 19.8. The molecule has 29 heavy (non-hydrogen) atoms. The quantitative estimate of drug-likeness (QED) is 0.712. The Morgan fingerprint density at radius 2 is 1.83 bits per heavy atom. The highest BCUT2D eigenvalue weighted by Gasteiger charge is 2.45. The lowest BCUT2D eigenvalue weighted by molar-refractivity contribution is 0.257. The molecule has 0 amide bonds. The lowest BCUT2D eigenvalue weighted by Crippen LogP contribution is -2.32. The number of rotatable bonds is 5. The van der Waals surface area contributed by atoms with Gasteiger partial charge in [-0.05, 0) is 49.9 Å². The van der Waals surface area contributed by atoms with Crippen LogP contribution >= 0.6 is 12.4 Å². The van der Waals surface area contributed by atoms with Gasteiger partial charge in [0.2, 0.25) is 0 Å². The van der Waals surface area contributed by atoms with Crippen LogP contribution in [0.5, 0.6) is 17.2 Å². The van der Waals surface area contributed by atoms with Crippen molar-refractivity contribution in [2.75, 3.05) is 34.9 Å². The van der Waals surface area contributed by atoms with Gasteiger partial charge in [-0.25, -0.2) is 4.39 Å². The Bertz CT molecular complexity index is 875. The first-order valence-electron chi connectivity index (χ1n) is 9.83. The summed E-state index contributed by atoms with van der Waals surface area (Å²) in [6.45, 7) is 0.962. The van der Waals surface area contributed by atoms with Gasteiger partial charge in [-0.2, -0.15) is 0 Å². The second-order valence-corrected chi connectivity index (χ2v) is 7.86. The molecule has 4 rings (SSSR count). The molecule has 158 valence electrons. The summed E-state index contributed by atoms with van der Waals surface area (Å²) in [5, 5.41) is 0. The Morgan fingerprint density at radius 3 is 2.48 bits per heavy atom. The molecule has 0 saturated carbocycles. The number of likely N-dealkylation sites (N-methyl/N-ethyl adjacent to an activating group) is 1. The highest BCUT2D eigenvalue weighted by molar-refractivity contribution is 5.85. The third-order valence-corrected chi connectivity index (χ3v) is 6.49. The fourth-order valence-electron chi connectivity index (χ4n) is 5.28. The van der Waals surface area contributed by atoms with Gasteiger partial charge in [-0.15, -0.1) is 12.4 Å². The molecule has 1 heterocycles. The molecule has 3 unspecified atom stereocenters. The highest BCUT2D eigenvalue weighted by Crippen LogP contribution is 2.53. The summed E-state index contributed by atoms with van der Waals surface area (Å²) in [5.41, 5.74) is 3.52. The molecule has 0 spiro atoms. The van der Waals surface area contributed by atoms with E-state index in [2.05, 4.69) is 11.9 Å². The number of methoxy groups -OCH3 is 3. The summed E-state index contributed by atoms with van der Waals surface area (Å²) < 4.78 is 30.7. The van der Waals surface area contributed by atoms with Crippen molar-refractivity contribution < 1.29 is 18.6 Å². The molecule has 4 nitrogen and oxygen atoms in total. The molecule has 0 aromatic heterocycles. The molecular weight excluding hydrogens is 393 g/mol. The topological polar surface area (TPSA) is 30.9 Å². The second-order valence-electron chi connectivity index (χ2n) is 7.86. The van der Waals surface area contributed by atoms with Gasteiger partial charge in [0.05, 0.1) is 21.3 Å². The van der Waals surface area contributed by atoms with Gasteiger partial charge in [0.25, 0.3) is 0 Å². The first-order valence-corrected chi connectivity index (χ1v) is 9.83. The van der Waals surface area contributed by atoms with E-state index < -0.39 is 0 Å². The fraction of sp³-hybridized carbons (Fsp3) is 0.478. The minimum absolute atomic E-state index is 0. The molecular formula is C23H29ClFNO3. The maximum atomic E-state index is 13.7. The van der Waals surface area contributed by atoms with Crippen LogP contribution in [0.25, 0.3) is 0 Å². The van der Waals surface area contributed by atoms with Crippen molar-refractivity contribution in [1.29, 1.82) is 0 Å². The number of halogens is 2. The molecule has 0 radical (unpaired) electrons. The first-order chi connectivity index (χ1) is 13.6. The van der Waals surface area contributed by atoms with Crippen LogP contribution in [0.15, 0.2) is 30.3 Å². The van der Waals surface area contributed by atoms with Crippen LogP contribution in [0, 0.1) is 11.7 Å². The molecule has 1 aliphatic carbocycles. The van der Waals surface area contributed by atoms with Gasteiger partial charge in [0.15, 0.2) is 11.5 Å². The van der Waals surface area contributed by atoms with E-state index in [1.54, 1.807) is 33.5 Å². The largest absolute Gasteiger partial charge is 0.496 e. The highest BCUT2D eigenvalue weighted by atomic mass is 35.5. The van der Waals surface area contributed by atoms with E-state index in [0.29, 0.717) is 17.9 Å². The molecule has 0 N–H and O–H groups in total. The molecule has 1 saturated heterocycles. The number of benzene rings is 2. The van der Waals surface area contributed by atoms with Crippen molar-refractivity contribution in [1.82, 2.24) is 4.90 Å². The maximum absolute atomic E-state index is 13.7. The van der Waals surface area contributed by atoms with E-state index in [4.69, 9.17) is 14.2 Å². The fourth-order valence-corrected chi connectivity index (χ4v) is 5.28. The van der Waals surface area contributed by atoms with Crippen molar-refractivity contribution in [3.63, 3.8) is 0 Å². The number of fused-ring (bicyclic) bond motifs is 3. The van der Waals surface area contributed by atoms with Crippen molar-refractivity contribution in [2.45, 2.75) is 31.2 Å². The third kappa shape index (κ3) is 3.78. The smallest absolute Gasteiger partial charge is 0.164 e. The minimum Gasteiger partial charge on any atom is -0.496 e. The van der Waals surface area contributed by atoms with Crippen LogP contribution in [0.1, 0.15) is 29.0 Å². The number of hydrogen-bond donors (Lipinski definition) is 0. The van der Waals surface area contributed by atoms with Crippen LogP contribution in [0.3, 0.4) is 0 Å². The monoisotopic (exact) mass is 421 g/mol. The maximum Gasteiger partial charge on any atom is 0.164 e. The van der Waals surface area contributed by atoms with Crippen LogP contribution in [-0.4, -0.2) is 45.9 Å². The molecule has 1 aliphatic heterocycles. The van der Waals surface area contributed by atoms with Gasteiger partial charge in [-0.3, -0.25) is 0 Å². The Balaban J connectivity index is 0.00000240. The molecule has 2 aliphatic rings. The van der Waals surface area contributed by atoms with E-state index in [0.717, 1.165) is 48.6 Å².